The van der Waals surface area contributed by atoms with Crippen molar-refractivity contribution in [2.75, 3.05) is 5.32 Å². The zero-order valence-electron chi connectivity index (χ0n) is 10.2. The number of carbonyl (C=O) groups excluding carboxylic acids is 1. The van der Waals surface area contributed by atoms with Crippen molar-refractivity contribution in [3.8, 4) is 0 Å². The number of halogens is 3. The summed E-state index contributed by atoms with van der Waals surface area (Å²) < 4.78 is 0.508. The summed E-state index contributed by atoms with van der Waals surface area (Å²) in [6.45, 7) is 0. The molecule has 0 aliphatic heterocycles. The second-order valence-electron chi connectivity index (χ2n) is 3.92. The van der Waals surface area contributed by atoms with Crippen LogP contribution in [0.2, 0.25) is 10.0 Å². The third-order valence-corrected chi connectivity index (χ3v) is 3.51. The van der Waals surface area contributed by atoms with Crippen LogP contribution in [0, 0.1) is 0 Å². The number of nitrogens with zero attached hydrogens (tertiary/aromatic N) is 1. The van der Waals surface area contributed by atoms with Crippen LogP contribution in [0.15, 0.2) is 34.9 Å². The quantitative estimate of drug-likeness (QED) is 0.774. The number of carbonyl (C=O) groups is 2. The summed E-state index contributed by atoms with van der Waals surface area (Å²) in [5.41, 5.74) is 0.234. The topological polar surface area (TPSA) is 79.3 Å². The van der Waals surface area contributed by atoms with Crippen LogP contribution >= 0.6 is 39.1 Å². The number of benzene rings is 1. The average molecular weight is 390 g/mol. The molecule has 0 aliphatic rings. The van der Waals surface area contributed by atoms with Gasteiger partial charge >= 0.3 is 5.97 Å². The molecule has 8 heteroatoms. The largest absolute Gasteiger partial charge is 0.478 e. The Kier molecular flexibility index (Phi) is 4.82. The molecule has 0 unspecified atom stereocenters. The average Bonchev–Trinajstić information content (AvgIpc) is 2.42. The highest BCUT2D eigenvalue weighted by molar-refractivity contribution is 9.10. The zero-order chi connectivity index (χ0) is 15.6. The van der Waals surface area contributed by atoms with Crippen molar-refractivity contribution in [1.29, 1.82) is 0 Å². The number of pyridine rings is 1. The van der Waals surface area contributed by atoms with Crippen LogP contribution in [0.4, 0.5) is 5.69 Å². The number of rotatable bonds is 3. The van der Waals surface area contributed by atoms with Crippen molar-refractivity contribution in [2.24, 2.45) is 0 Å². The summed E-state index contributed by atoms with van der Waals surface area (Å²) in [5.74, 6) is -1.67. The van der Waals surface area contributed by atoms with E-state index in [0.29, 0.717) is 4.60 Å². The lowest BCUT2D eigenvalue weighted by Gasteiger charge is -2.10. The maximum atomic E-state index is 12.1. The molecule has 108 valence electrons. The molecule has 2 aromatic rings. The molecule has 1 aromatic heterocycles. The Labute approximate surface area is 138 Å². The SMILES string of the molecule is O=C(O)c1cc(Cl)c(NC(=O)c2cccc(Br)n2)c(Cl)c1. The predicted octanol–water partition coefficient (Wildman–Crippen LogP) is 4.10. The minimum absolute atomic E-state index is 0.0308. The molecule has 1 aromatic carbocycles. The Morgan fingerprint density at radius 2 is 1.81 bits per heavy atom. The normalized spacial score (nSPS) is 10.2. The monoisotopic (exact) mass is 388 g/mol. The van der Waals surface area contributed by atoms with Gasteiger partial charge in [0, 0.05) is 0 Å². The summed E-state index contributed by atoms with van der Waals surface area (Å²) >= 11 is 15.1. The van der Waals surface area contributed by atoms with E-state index in [1.807, 2.05) is 0 Å². The first-order chi connectivity index (χ1) is 9.88. The Bertz CT molecular complexity index is 714. The van der Waals surface area contributed by atoms with Crippen LogP contribution in [0.1, 0.15) is 20.8 Å². The maximum Gasteiger partial charge on any atom is 0.335 e. The molecule has 0 spiro atoms. The van der Waals surface area contributed by atoms with Crippen LogP contribution in [0.5, 0.6) is 0 Å². The second kappa shape index (κ2) is 6.43. The molecule has 1 amide bonds. The van der Waals surface area contributed by atoms with E-state index in [-0.39, 0.29) is 27.0 Å². The van der Waals surface area contributed by atoms with Gasteiger partial charge in [0.15, 0.2) is 0 Å². The third-order valence-electron chi connectivity index (χ3n) is 2.48. The number of nitrogens with one attached hydrogen (secondary N) is 1. The molecule has 5 nitrogen and oxygen atoms in total. The van der Waals surface area contributed by atoms with Gasteiger partial charge in [-0.15, -0.1) is 0 Å². The number of aromatic carboxylic acids is 1. The van der Waals surface area contributed by atoms with E-state index in [0.717, 1.165) is 0 Å². The van der Waals surface area contributed by atoms with E-state index in [9.17, 15) is 9.59 Å². The van der Waals surface area contributed by atoms with Crippen molar-refractivity contribution < 1.29 is 14.7 Å². The standard InChI is InChI=1S/C13H7BrCl2N2O3/c14-10-3-1-2-9(17-10)12(19)18-11-7(15)4-6(13(20)21)5-8(11)16/h1-5H,(H,18,19)(H,20,21). The van der Waals surface area contributed by atoms with Gasteiger partial charge in [-0.05, 0) is 40.2 Å². The predicted molar refractivity (Wildman–Crippen MR) is 83.3 cm³/mol. The summed E-state index contributed by atoms with van der Waals surface area (Å²) in [4.78, 5) is 26.9. The number of aromatic nitrogens is 1. The van der Waals surface area contributed by atoms with E-state index < -0.39 is 11.9 Å². The van der Waals surface area contributed by atoms with E-state index in [2.05, 4.69) is 26.2 Å². The minimum Gasteiger partial charge on any atom is -0.478 e. The van der Waals surface area contributed by atoms with Crippen molar-refractivity contribution in [2.45, 2.75) is 0 Å². The van der Waals surface area contributed by atoms with E-state index in [1.54, 1.807) is 12.1 Å². The van der Waals surface area contributed by atoms with Gasteiger partial charge in [0.05, 0.1) is 21.3 Å². The zero-order valence-corrected chi connectivity index (χ0v) is 13.3. The van der Waals surface area contributed by atoms with E-state index >= 15 is 0 Å². The van der Waals surface area contributed by atoms with Crippen LogP contribution < -0.4 is 5.32 Å². The summed E-state index contributed by atoms with van der Waals surface area (Å²) in [6.07, 6.45) is 0. The molecule has 2 rings (SSSR count). The van der Waals surface area contributed by atoms with Gasteiger partial charge in [-0.3, -0.25) is 4.79 Å². The molecule has 1 heterocycles. The summed E-state index contributed by atoms with van der Waals surface area (Å²) in [5, 5.41) is 11.5. The molecule has 2 N–H and O–H groups in total. The minimum atomic E-state index is -1.16. The molecule has 0 aliphatic carbocycles. The van der Waals surface area contributed by atoms with Gasteiger partial charge in [-0.1, -0.05) is 29.3 Å². The number of amides is 1. The van der Waals surface area contributed by atoms with Crippen molar-refractivity contribution >= 4 is 56.7 Å². The van der Waals surface area contributed by atoms with Crippen LogP contribution in [-0.2, 0) is 0 Å². The van der Waals surface area contributed by atoms with Gasteiger partial charge < -0.3 is 10.4 Å². The maximum absolute atomic E-state index is 12.1. The molecule has 0 atom stereocenters. The van der Waals surface area contributed by atoms with Gasteiger partial charge in [0.1, 0.15) is 10.3 Å². The summed E-state index contributed by atoms with van der Waals surface area (Å²) in [6, 6.07) is 7.27. The fourth-order valence-corrected chi connectivity index (χ4v) is 2.45. The number of anilines is 1. The lowest BCUT2D eigenvalue weighted by molar-refractivity contribution is 0.0696. The highest BCUT2D eigenvalue weighted by Crippen LogP contribution is 2.32. The Balaban J connectivity index is 2.32. The molecule has 0 radical (unpaired) electrons. The van der Waals surface area contributed by atoms with Crippen molar-refractivity contribution in [3.05, 3.63) is 56.2 Å². The fraction of sp³-hybridized carbons (Fsp3) is 0. The Hall–Kier alpha value is -1.63. The molecule has 21 heavy (non-hydrogen) atoms. The molecule has 0 fully saturated rings. The van der Waals surface area contributed by atoms with Gasteiger partial charge in [0.2, 0.25) is 0 Å². The van der Waals surface area contributed by atoms with Gasteiger partial charge in [-0.25, -0.2) is 9.78 Å². The lowest BCUT2D eigenvalue weighted by Crippen LogP contribution is -2.14. The third kappa shape index (κ3) is 3.72. The Morgan fingerprint density at radius 3 is 2.33 bits per heavy atom. The van der Waals surface area contributed by atoms with Crippen molar-refractivity contribution in [1.82, 2.24) is 4.98 Å². The summed E-state index contributed by atoms with van der Waals surface area (Å²) in [7, 11) is 0. The Morgan fingerprint density at radius 1 is 1.19 bits per heavy atom. The first-order valence-corrected chi connectivity index (χ1v) is 7.09. The van der Waals surface area contributed by atoms with Crippen LogP contribution in [0.25, 0.3) is 0 Å². The molecular weight excluding hydrogens is 383 g/mol. The smallest absolute Gasteiger partial charge is 0.335 e. The number of carboxylic acid groups (broad SMARTS) is 1. The highest BCUT2D eigenvalue weighted by Gasteiger charge is 2.16. The number of hydrogen-bond acceptors (Lipinski definition) is 3. The van der Waals surface area contributed by atoms with Gasteiger partial charge in [0.25, 0.3) is 5.91 Å². The van der Waals surface area contributed by atoms with Crippen LogP contribution in [0.3, 0.4) is 0 Å². The molecule has 0 saturated heterocycles. The van der Waals surface area contributed by atoms with Crippen LogP contribution in [-0.4, -0.2) is 22.0 Å². The number of carboxylic acids is 1. The highest BCUT2D eigenvalue weighted by atomic mass is 79.9. The fourth-order valence-electron chi connectivity index (χ4n) is 1.53. The van der Waals surface area contributed by atoms with E-state index in [4.69, 9.17) is 28.3 Å². The first kappa shape index (κ1) is 15.8. The first-order valence-electron chi connectivity index (χ1n) is 5.54. The number of hydrogen-bond donors (Lipinski definition) is 2. The second-order valence-corrected chi connectivity index (χ2v) is 5.55. The van der Waals surface area contributed by atoms with Gasteiger partial charge in [-0.2, -0.15) is 0 Å². The lowest BCUT2D eigenvalue weighted by atomic mass is 10.2. The van der Waals surface area contributed by atoms with E-state index in [1.165, 1.54) is 18.2 Å². The molecular formula is C13H7BrCl2N2O3. The van der Waals surface area contributed by atoms with Crippen molar-refractivity contribution in [3.63, 3.8) is 0 Å². The molecule has 0 bridgehead atoms. The molecule has 0 saturated carbocycles.